The van der Waals surface area contributed by atoms with Crippen molar-refractivity contribution in [2.24, 2.45) is 7.05 Å². The molecule has 1 amide bonds. The van der Waals surface area contributed by atoms with Gasteiger partial charge in [-0.3, -0.25) is 9.69 Å². The number of aryl methyl sites for hydroxylation is 2. The zero-order chi connectivity index (χ0) is 18.0. The van der Waals surface area contributed by atoms with Gasteiger partial charge in [0.1, 0.15) is 0 Å². The van der Waals surface area contributed by atoms with E-state index in [9.17, 15) is 4.79 Å². The molecule has 1 atom stereocenters. The first-order valence-electron chi connectivity index (χ1n) is 9.22. The van der Waals surface area contributed by atoms with Crippen LogP contribution in [0.4, 0.5) is 5.69 Å². The number of amides is 1. The lowest BCUT2D eigenvalue weighted by atomic mass is 9.98. The Morgan fingerprint density at radius 3 is 2.76 bits per heavy atom. The number of carbonyl (C=O) groups is 1. The van der Waals surface area contributed by atoms with Gasteiger partial charge in [-0.1, -0.05) is 32.0 Å². The maximum atomic E-state index is 12.7. The van der Waals surface area contributed by atoms with Crippen molar-refractivity contribution in [3.8, 4) is 0 Å². The van der Waals surface area contributed by atoms with E-state index >= 15 is 0 Å². The number of hydrogen-bond donors (Lipinski definition) is 1. The number of anilines is 1. The van der Waals surface area contributed by atoms with Crippen molar-refractivity contribution in [2.45, 2.75) is 45.6 Å². The summed E-state index contributed by atoms with van der Waals surface area (Å²) in [7, 11) is 2.08. The van der Waals surface area contributed by atoms with Crippen LogP contribution in [-0.4, -0.2) is 28.5 Å². The van der Waals surface area contributed by atoms with Crippen molar-refractivity contribution in [1.29, 1.82) is 0 Å². The highest BCUT2D eigenvalue weighted by molar-refractivity contribution is 5.94. The van der Waals surface area contributed by atoms with Gasteiger partial charge in [0.15, 0.2) is 0 Å². The molecule has 1 aliphatic rings. The summed E-state index contributed by atoms with van der Waals surface area (Å²) in [5.41, 5.74) is 4.61. The summed E-state index contributed by atoms with van der Waals surface area (Å²) < 4.78 is 2.17. The number of para-hydroxylation sites is 1. The zero-order valence-corrected chi connectivity index (χ0v) is 15.7. The Kier molecular flexibility index (Phi) is 5.28. The van der Waals surface area contributed by atoms with Crippen LogP contribution >= 0.6 is 0 Å². The molecule has 2 heterocycles. The van der Waals surface area contributed by atoms with Gasteiger partial charge in [-0.05, 0) is 55.5 Å². The summed E-state index contributed by atoms with van der Waals surface area (Å²) in [5, 5.41) is 3.18. The van der Waals surface area contributed by atoms with Crippen molar-refractivity contribution >= 4 is 11.6 Å². The Labute approximate surface area is 150 Å². The Morgan fingerprint density at radius 2 is 2.08 bits per heavy atom. The van der Waals surface area contributed by atoms with E-state index in [1.807, 2.05) is 0 Å². The minimum Gasteiger partial charge on any atom is -0.353 e. The predicted octanol–water partition coefficient (Wildman–Crippen LogP) is 4.23. The second kappa shape index (κ2) is 7.44. The fourth-order valence-electron chi connectivity index (χ4n) is 3.88. The summed E-state index contributed by atoms with van der Waals surface area (Å²) in [5.74, 6) is 0.468. The highest BCUT2D eigenvalue weighted by Crippen LogP contribution is 2.32. The van der Waals surface area contributed by atoms with Crippen LogP contribution in [0.5, 0.6) is 0 Å². The van der Waals surface area contributed by atoms with Crippen LogP contribution in [0.25, 0.3) is 0 Å². The average Bonchev–Trinajstić information content (AvgIpc) is 3.17. The molecule has 0 saturated carbocycles. The van der Waals surface area contributed by atoms with Crippen molar-refractivity contribution in [2.75, 3.05) is 18.4 Å². The minimum absolute atomic E-state index is 0.0808. The third kappa shape index (κ3) is 3.79. The SMILES string of the molecule is Cc1cccc(C(C)C)c1NC(=O)CN1CCC[C@@H]1c1cccn1C. The van der Waals surface area contributed by atoms with E-state index < -0.39 is 0 Å². The topological polar surface area (TPSA) is 37.3 Å². The lowest BCUT2D eigenvalue weighted by Gasteiger charge is -2.25. The minimum atomic E-state index is 0.0808. The molecule has 1 aliphatic heterocycles. The molecule has 0 radical (unpaired) electrons. The van der Waals surface area contributed by atoms with Gasteiger partial charge in [-0.2, -0.15) is 0 Å². The van der Waals surface area contributed by atoms with E-state index in [2.05, 4.69) is 79.1 Å². The molecule has 3 rings (SSSR count). The van der Waals surface area contributed by atoms with E-state index in [0.717, 1.165) is 30.6 Å². The molecule has 0 unspecified atom stereocenters. The largest absolute Gasteiger partial charge is 0.353 e. The van der Waals surface area contributed by atoms with Gasteiger partial charge in [0, 0.05) is 24.6 Å². The Balaban J connectivity index is 1.72. The lowest BCUT2D eigenvalue weighted by Crippen LogP contribution is -2.33. The molecule has 1 saturated heterocycles. The molecule has 1 aromatic carbocycles. The maximum absolute atomic E-state index is 12.7. The van der Waals surface area contributed by atoms with Crippen LogP contribution in [0.1, 0.15) is 55.5 Å². The van der Waals surface area contributed by atoms with E-state index in [-0.39, 0.29) is 5.91 Å². The quantitative estimate of drug-likeness (QED) is 0.885. The molecular weight excluding hydrogens is 310 g/mol. The molecule has 1 fully saturated rings. The smallest absolute Gasteiger partial charge is 0.238 e. The number of carbonyl (C=O) groups excluding carboxylic acids is 1. The normalized spacial score (nSPS) is 18.0. The predicted molar refractivity (Wildman–Crippen MR) is 103 cm³/mol. The molecule has 134 valence electrons. The van der Waals surface area contributed by atoms with Crippen LogP contribution in [0.15, 0.2) is 36.5 Å². The number of benzene rings is 1. The Bertz CT molecular complexity index is 747. The number of rotatable bonds is 5. The molecule has 1 N–H and O–H groups in total. The summed E-state index contributed by atoms with van der Waals surface area (Å²) in [6.45, 7) is 7.81. The van der Waals surface area contributed by atoms with Crippen LogP contribution in [0, 0.1) is 6.92 Å². The number of likely N-dealkylation sites (tertiary alicyclic amines) is 1. The van der Waals surface area contributed by atoms with Crippen molar-refractivity contribution in [3.63, 3.8) is 0 Å². The number of nitrogens with zero attached hydrogens (tertiary/aromatic N) is 2. The lowest BCUT2D eigenvalue weighted by molar-refractivity contribution is -0.117. The van der Waals surface area contributed by atoms with E-state index in [0.29, 0.717) is 18.5 Å². The standard InChI is InChI=1S/C21H29N3O/c1-15(2)17-9-5-8-16(3)21(17)22-20(25)14-24-13-7-11-19(24)18-10-6-12-23(18)4/h5-6,8-10,12,15,19H,7,11,13-14H2,1-4H3,(H,22,25)/t19-/m1/s1. The van der Waals surface area contributed by atoms with Gasteiger partial charge in [-0.25, -0.2) is 0 Å². The Morgan fingerprint density at radius 1 is 1.28 bits per heavy atom. The molecule has 4 heteroatoms. The van der Waals surface area contributed by atoms with Gasteiger partial charge in [0.25, 0.3) is 0 Å². The average molecular weight is 339 g/mol. The number of nitrogens with one attached hydrogen (secondary N) is 1. The number of aromatic nitrogens is 1. The van der Waals surface area contributed by atoms with Crippen LogP contribution in [-0.2, 0) is 11.8 Å². The molecule has 1 aromatic heterocycles. The van der Waals surface area contributed by atoms with Crippen molar-refractivity contribution in [3.05, 3.63) is 53.3 Å². The molecule has 0 aliphatic carbocycles. The summed E-state index contributed by atoms with van der Waals surface area (Å²) in [6.07, 6.45) is 4.34. The summed E-state index contributed by atoms with van der Waals surface area (Å²) >= 11 is 0. The van der Waals surface area contributed by atoms with Gasteiger partial charge in [0.2, 0.25) is 5.91 Å². The first-order chi connectivity index (χ1) is 12.0. The third-order valence-electron chi connectivity index (χ3n) is 5.23. The highest BCUT2D eigenvalue weighted by atomic mass is 16.2. The van der Waals surface area contributed by atoms with Crippen LogP contribution in [0.3, 0.4) is 0 Å². The van der Waals surface area contributed by atoms with Crippen molar-refractivity contribution in [1.82, 2.24) is 9.47 Å². The van der Waals surface area contributed by atoms with Crippen LogP contribution < -0.4 is 5.32 Å². The Hall–Kier alpha value is -2.07. The van der Waals surface area contributed by atoms with Crippen LogP contribution in [0.2, 0.25) is 0 Å². The first kappa shape index (κ1) is 17.7. The highest BCUT2D eigenvalue weighted by Gasteiger charge is 2.29. The monoisotopic (exact) mass is 339 g/mol. The van der Waals surface area contributed by atoms with Gasteiger partial charge >= 0.3 is 0 Å². The molecule has 0 bridgehead atoms. The fourth-order valence-corrected chi connectivity index (χ4v) is 3.88. The fraction of sp³-hybridized carbons (Fsp3) is 0.476. The summed E-state index contributed by atoms with van der Waals surface area (Å²) in [4.78, 5) is 15.0. The maximum Gasteiger partial charge on any atom is 0.238 e. The first-order valence-corrected chi connectivity index (χ1v) is 9.22. The summed E-state index contributed by atoms with van der Waals surface area (Å²) in [6, 6.07) is 10.8. The van der Waals surface area contributed by atoms with Gasteiger partial charge in [-0.15, -0.1) is 0 Å². The van der Waals surface area contributed by atoms with Gasteiger partial charge < -0.3 is 9.88 Å². The molecule has 4 nitrogen and oxygen atoms in total. The van der Waals surface area contributed by atoms with Crippen molar-refractivity contribution < 1.29 is 4.79 Å². The second-order valence-corrected chi connectivity index (χ2v) is 7.41. The van der Waals surface area contributed by atoms with E-state index in [1.54, 1.807) is 0 Å². The second-order valence-electron chi connectivity index (χ2n) is 7.41. The molecule has 0 spiro atoms. The van der Waals surface area contributed by atoms with E-state index in [1.165, 1.54) is 11.3 Å². The third-order valence-corrected chi connectivity index (χ3v) is 5.23. The molecule has 25 heavy (non-hydrogen) atoms. The van der Waals surface area contributed by atoms with Gasteiger partial charge in [0.05, 0.1) is 12.6 Å². The molecular formula is C21H29N3O. The molecule has 2 aromatic rings. The number of hydrogen-bond acceptors (Lipinski definition) is 2. The van der Waals surface area contributed by atoms with E-state index in [4.69, 9.17) is 0 Å². The zero-order valence-electron chi connectivity index (χ0n) is 15.7.